The monoisotopic (exact) mass is 290 g/mol. The van der Waals surface area contributed by atoms with E-state index in [9.17, 15) is 4.79 Å². The van der Waals surface area contributed by atoms with Crippen LogP contribution in [0.2, 0.25) is 0 Å². The molecule has 116 valence electrons. The Morgan fingerprint density at radius 2 is 2.19 bits per heavy atom. The minimum atomic E-state index is -0.0866. The van der Waals surface area contributed by atoms with Crippen LogP contribution in [0.1, 0.15) is 31.7 Å². The molecule has 1 saturated heterocycles. The second-order valence-electron chi connectivity index (χ2n) is 5.57. The van der Waals surface area contributed by atoms with E-state index in [1.54, 1.807) is 0 Å². The van der Waals surface area contributed by atoms with Crippen molar-refractivity contribution in [3.8, 4) is 0 Å². The van der Waals surface area contributed by atoms with Crippen molar-refractivity contribution >= 4 is 5.97 Å². The van der Waals surface area contributed by atoms with Gasteiger partial charge in [0.05, 0.1) is 6.61 Å². The van der Waals surface area contributed by atoms with Gasteiger partial charge in [-0.2, -0.15) is 0 Å². The smallest absolute Gasteiger partial charge is 0.305 e. The summed E-state index contributed by atoms with van der Waals surface area (Å²) < 4.78 is 4.92. The molecule has 0 aromatic heterocycles. The van der Waals surface area contributed by atoms with Crippen molar-refractivity contribution in [3.05, 3.63) is 35.9 Å². The maximum atomic E-state index is 11.2. The molecule has 2 rings (SSSR count). The van der Waals surface area contributed by atoms with Crippen LogP contribution >= 0.6 is 0 Å². The molecule has 0 bridgehead atoms. The van der Waals surface area contributed by atoms with Crippen molar-refractivity contribution < 1.29 is 9.53 Å². The quantitative estimate of drug-likeness (QED) is 0.589. The summed E-state index contributed by atoms with van der Waals surface area (Å²) >= 11 is 0. The van der Waals surface area contributed by atoms with Gasteiger partial charge in [0.2, 0.25) is 0 Å². The molecule has 1 fully saturated rings. The van der Waals surface area contributed by atoms with E-state index in [0.29, 0.717) is 19.1 Å². The van der Waals surface area contributed by atoms with Gasteiger partial charge in [-0.25, -0.2) is 0 Å². The standard InChI is InChI=1S/C17H26N2O2/c1-2-21-17(20)9-6-11-18-16-10-12-19(14-16)13-15-7-4-3-5-8-15/h3-5,7-8,16,18H,2,6,9-14H2,1H3. The van der Waals surface area contributed by atoms with Crippen molar-refractivity contribution in [2.45, 2.75) is 38.8 Å². The van der Waals surface area contributed by atoms with Crippen LogP contribution in [0.25, 0.3) is 0 Å². The lowest BCUT2D eigenvalue weighted by Crippen LogP contribution is -2.33. The van der Waals surface area contributed by atoms with Gasteiger partial charge in [0.25, 0.3) is 0 Å². The number of ether oxygens (including phenoxy) is 1. The predicted octanol–water partition coefficient (Wildman–Crippen LogP) is 2.19. The molecule has 1 aromatic carbocycles. The number of nitrogens with zero attached hydrogens (tertiary/aromatic N) is 1. The van der Waals surface area contributed by atoms with E-state index in [-0.39, 0.29) is 5.97 Å². The normalized spacial score (nSPS) is 18.8. The number of likely N-dealkylation sites (tertiary alicyclic amines) is 1. The van der Waals surface area contributed by atoms with Crippen LogP contribution in [0.15, 0.2) is 30.3 Å². The summed E-state index contributed by atoms with van der Waals surface area (Å²) in [6.45, 7) is 6.47. The first-order chi connectivity index (χ1) is 10.3. The summed E-state index contributed by atoms with van der Waals surface area (Å²) in [4.78, 5) is 13.7. The molecule has 1 heterocycles. The van der Waals surface area contributed by atoms with Crippen LogP contribution in [0, 0.1) is 0 Å². The van der Waals surface area contributed by atoms with Gasteiger partial charge in [0.1, 0.15) is 0 Å². The van der Waals surface area contributed by atoms with Crippen molar-refractivity contribution in [2.75, 3.05) is 26.2 Å². The molecule has 4 nitrogen and oxygen atoms in total. The molecule has 1 aromatic rings. The summed E-state index contributed by atoms with van der Waals surface area (Å²) in [5.41, 5.74) is 1.38. The predicted molar refractivity (Wildman–Crippen MR) is 84.0 cm³/mol. The first-order valence-electron chi connectivity index (χ1n) is 7.93. The molecule has 0 aliphatic carbocycles. The highest BCUT2D eigenvalue weighted by atomic mass is 16.5. The average molecular weight is 290 g/mol. The number of nitrogens with one attached hydrogen (secondary N) is 1. The number of benzene rings is 1. The van der Waals surface area contributed by atoms with Gasteiger partial charge in [-0.1, -0.05) is 30.3 Å². The van der Waals surface area contributed by atoms with E-state index < -0.39 is 0 Å². The Balaban J connectivity index is 1.59. The highest BCUT2D eigenvalue weighted by Gasteiger charge is 2.21. The van der Waals surface area contributed by atoms with E-state index in [1.165, 1.54) is 12.0 Å². The van der Waals surface area contributed by atoms with Crippen molar-refractivity contribution in [2.24, 2.45) is 0 Å². The molecule has 21 heavy (non-hydrogen) atoms. The number of carbonyl (C=O) groups excluding carboxylic acids is 1. The van der Waals surface area contributed by atoms with E-state index >= 15 is 0 Å². The minimum Gasteiger partial charge on any atom is -0.466 e. The molecule has 0 amide bonds. The van der Waals surface area contributed by atoms with E-state index in [1.807, 2.05) is 6.92 Å². The SMILES string of the molecule is CCOC(=O)CCCNC1CCN(Cc2ccccc2)C1. The molecule has 0 radical (unpaired) electrons. The highest BCUT2D eigenvalue weighted by Crippen LogP contribution is 2.13. The fourth-order valence-electron chi connectivity index (χ4n) is 2.76. The lowest BCUT2D eigenvalue weighted by molar-refractivity contribution is -0.143. The Labute approximate surface area is 127 Å². The van der Waals surface area contributed by atoms with Crippen LogP contribution < -0.4 is 5.32 Å². The molecule has 4 heteroatoms. The number of hydrogen-bond acceptors (Lipinski definition) is 4. The van der Waals surface area contributed by atoms with Crippen LogP contribution in [0.5, 0.6) is 0 Å². The van der Waals surface area contributed by atoms with Gasteiger partial charge >= 0.3 is 5.97 Å². The molecule has 0 saturated carbocycles. The molecule has 0 spiro atoms. The minimum absolute atomic E-state index is 0.0866. The maximum absolute atomic E-state index is 11.2. The Hall–Kier alpha value is -1.39. The fourth-order valence-corrected chi connectivity index (χ4v) is 2.76. The lowest BCUT2D eigenvalue weighted by atomic mass is 10.2. The van der Waals surface area contributed by atoms with Gasteiger partial charge in [-0.3, -0.25) is 9.69 Å². The number of carbonyl (C=O) groups is 1. The molecular weight excluding hydrogens is 264 g/mol. The van der Waals surface area contributed by atoms with Crippen LogP contribution in [-0.4, -0.2) is 43.2 Å². The van der Waals surface area contributed by atoms with Gasteiger partial charge in [-0.05, 0) is 31.9 Å². The van der Waals surface area contributed by atoms with Gasteiger partial charge in [0.15, 0.2) is 0 Å². The third-order valence-corrected chi connectivity index (χ3v) is 3.82. The Morgan fingerprint density at radius 1 is 1.38 bits per heavy atom. The van der Waals surface area contributed by atoms with Gasteiger partial charge < -0.3 is 10.1 Å². The Bertz CT molecular complexity index is 422. The summed E-state index contributed by atoms with van der Waals surface area (Å²) in [5, 5.41) is 3.55. The number of hydrogen-bond donors (Lipinski definition) is 1. The number of rotatable bonds is 8. The molecular formula is C17H26N2O2. The second kappa shape index (κ2) is 8.80. The van der Waals surface area contributed by atoms with Crippen LogP contribution in [0.3, 0.4) is 0 Å². The summed E-state index contributed by atoms with van der Waals surface area (Å²) in [5.74, 6) is -0.0866. The largest absolute Gasteiger partial charge is 0.466 e. The summed E-state index contributed by atoms with van der Waals surface area (Å²) in [7, 11) is 0. The molecule has 1 atom stereocenters. The highest BCUT2D eigenvalue weighted by molar-refractivity contribution is 5.69. The molecule has 1 unspecified atom stereocenters. The average Bonchev–Trinajstić information content (AvgIpc) is 2.92. The van der Waals surface area contributed by atoms with E-state index in [4.69, 9.17) is 4.74 Å². The van der Waals surface area contributed by atoms with E-state index in [2.05, 4.69) is 40.5 Å². The molecule has 1 aliphatic rings. The van der Waals surface area contributed by atoms with Crippen molar-refractivity contribution in [1.29, 1.82) is 0 Å². The van der Waals surface area contributed by atoms with Crippen LogP contribution in [-0.2, 0) is 16.1 Å². The summed E-state index contributed by atoms with van der Waals surface area (Å²) in [6, 6.07) is 11.2. The zero-order chi connectivity index (χ0) is 14.9. The number of esters is 1. The van der Waals surface area contributed by atoms with Gasteiger partial charge in [0, 0.05) is 32.1 Å². The zero-order valence-electron chi connectivity index (χ0n) is 12.9. The first-order valence-corrected chi connectivity index (χ1v) is 7.93. The molecule has 1 aliphatic heterocycles. The Kier molecular flexibility index (Phi) is 6.70. The van der Waals surface area contributed by atoms with Crippen LogP contribution in [0.4, 0.5) is 0 Å². The fraction of sp³-hybridized carbons (Fsp3) is 0.588. The second-order valence-corrected chi connectivity index (χ2v) is 5.57. The summed E-state index contributed by atoms with van der Waals surface area (Å²) in [6.07, 6.45) is 2.56. The first kappa shape index (κ1) is 16.0. The van der Waals surface area contributed by atoms with E-state index in [0.717, 1.165) is 32.6 Å². The zero-order valence-corrected chi connectivity index (χ0v) is 12.9. The topological polar surface area (TPSA) is 41.6 Å². The Morgan fingerprint density at radius 3 is 2.95 bits per heavy atom. The third-order valence-electron chi connectivity index (χ3n) is 3.82. The molecule has 1 N–H and O–H groups in total. The third kappa shape index (κ3) is 5.86. The van der Waals surface area contributed by atoms with Crippen molar-refractivity contribution in [1.82, 2.24) is 10.2 Å². The van der Waals surface area contributed by atoms with Gasteiger partial charge in [-0.15, -0.1) is 0 Å². The lowest BCUT2D eigenvalue weighted by Gasteiger charge is -2.16. The maximum Gasteiger partial charge on any atom is 0.305 e. The van der Waals surface area contributed by atoms with Crippen molar-refractivity contribution in [3.63, 3.8) is 0 Å².